The van der Waals surface area contributed by atoms with E-state index in [0.717, 1.165) is 0 Å². The molecular formula is C9H8Cl2O2. The van der Waals surface area contributed by atoms with Gasteiger partial charge >= 0.3 is 0 Å². The molecule has 13 heavy (non-hydrogen) atoms. The van der Waals surface area contributed by atoms with Gasteiger partial charge in [-0.05, 0) is 12.1 Å². The Hall–Kier alpha value is -0.860. The lowest BCUT2D eigenvalue weighted by Gasteiger charge is -2.08. The van der Waals surface area contributed by atoms with Gasteiger partial charge in [0.1, 0.15) is 11.6 Å². The van der Waals surface area contributed by atoms with Crippen LogP contribution in [0.25, 0.3) is 0 Å². The van der Waals surface area contributed by atoms with Crippen molar-refractivity contribution >= 4 is 23.2 Å². The molecule has 0 spiro atoms. The summed E-state index contributed by atoms with van der Waals surface area (Å²) in [6.45, 7) is 3.75. The summed E-state index contributed by atoms with van der Waals surface area (Å²) in [5, 5.41) is 9.90. The Morgan fingerprint density at radius 1 is 1.46 bits per heavy atom. The van der Waals surface area contributed by atoms with E-state index in [9.17, 15) is 5.11 Å². The van der Waals surface area contributed by atoms with Crippen molar-refractivity contribution in [3.05, 3.63) is 34.8 Å². The summed E-state index contributed by atoms with van der Waals surface area (Å²) in [4.78, 5) is 0. The minimum atomic E-state index is -0.0312. The summed E-state index contributed by atoms with van der Waals surface area (Å²) in [5.41, 5.74) is 0. The maximum absolute atomic E-state index is 9.34. The number of phenols is 1. The second-order valence-electron chi connectivity index (χ2n) is 2.31. The molecule has 0 aliphatic carbocycles. The molecule has 2 nitrogen and oxygen atoms in total. The van der Waals surface area contributed by atoms with Gasteiger partial charge in [-0.15, -0.1) is 0 Å². The van der Waals surface area contributed by atoms with Crippen LogP contribution in [0.3, 0.4) is 0 Å². The molecule has 1 aromatic rings. The van der Waals surface area contributed by atoms with Crippen molar-refractivity contribution in [1.82, 2.24) is 0 Å². The molecule has 0 aliphatic rings. The van der Waals surface area contributed by atoms with Gasteiger partial charge in [-0.1, -0.05) is 35.9 Å². The number of hydrogen-bond donors (Lipinski definition) is 1. The highest BCUT2D eigenvalue weighted by Crippen LogP contribution is 2.38. The third kappa shape index (κ3) is 2.29. The van der Waals surface area contributed by atoms with Gasteiger partial charge in [-0.25, -0.2) is 0 Å². The molecular weight excluding hydrogens is 211 g/mol. The van der Waals surface area contributed by atoms with E-state index in [0.29, 0.717) is 5.02 Å². The van der Waals surface area contributed by atoms with Crippen LogP contribution in [0.2, 0.25) is 10.0 Å². The fourth-order valence-electron chi connectivity index (χ4n) is 0.801. The average Bonchev–Trinajstić information content (AvgIpc) is 2.12. The van der Waals surface area contributed by atoms with Gasteiger partial charge in [0.2, 0.25) is 0 Å². The van der Waals surface area contributed by atoms with Gasteiger partial charge in [-0.3, -0.25) is 0 Å². The number of benzene rings is 1. The number of rotatable bonds is 3. The third-order valence-electron chi connectivity index (χ3n) is 1.37. The molecule has 0 bridgehead atoms. The molecule has 0 amide bonds. The zero-order chi connectivity index (χ0) is 9.84. The molecule has 0 saturated carbocycles. The number of ether oxygens (including phenoxy) is 1. The molecule has 1 aromatic carbocycles. The second-order valence-corrected chi connectivity index (χ2v) is 3.09. The van der Waals surface area contributed by atoms with Gasteiger partial charge < -0.3 is 9.84 Å². The Morgan fingerprint density at radius 2 is 2.15 bits per heavy atom. The summed E-state index contributed by atoms with van der Waals surface area (Å²) in [7, 11) is 0. The minimum Gasteiger partial charge on any atom is -0.504 e. The molecule has 0 aliphatic heterocycles. The molecule has 0 radical (unpaired) electrons. The van der Waals surface area contributed by atoms with Crippen molar-refractivity contribution < 1.29 is 9.84 Å². The van der Waals surface area contributed by atoms with Crippen LogP contribution in [-0.4, -0.2) is 11.7 Å². The van der Waals surface area contributed by atoms with E-state index < -0.39 is 0 Å². The number of hydrogen-bond acceptors (Lipinski definition) is 2. The van der Waals surface area contributed by atoms with Gasteiger partial charge in [0.05, 0.1) is 5.02 Å². The lowest BCUT2D eigenvalue weighted by molar-refractivity contribution is 0.336. The maximum Gasteiger partial charge on any atom is 0.181 e. The van der Waals surface area contributed by atoms with E-state index in [2.05, 4.69) is 6.58 Å². The standard InChI is InChI=1S/C9H8Cl2O2/c1-2-5-13-9-7(12)4-3-6(10)8(9)11/h2-4,12H,1,5H2. The van der Waals surface area contributed by atoms with Crippen LogP contribution in [0.5, 0.6) is 11.5 Å². The van der Waals surface area contributed by atoms with Crippen LogP contribution in [0.15, 0.2) is 24.8 Å². The van der Waals surface area contributed by atoms with Crippen LogP contribution in [0.1, 0.15) is 0 Å². The van der Waals surface area contributed by atoms with Crippen molar-refractivity contribution in [2.75, 3.05) is 6.61 Å². The molecule has 1 N–H and O–H groups in total. The predicted octanol–water partition coefficient (Wildman–Crippen LogP) is 3.26. The fraction of sp³-hybridized carbons (Fsp3) is 0.111. The maximum atomic E-state index is 9.34. The number of halogens is 2. The lowest BCUT2D eigenvalue weighted by Crippen LogP contribution is -1.94. The van der Waals surface area contributed by atoms with E-state index in [1.54, 1.807) is 6.08 Å². The van der Waals surface area contributed by atoms with Crippen LogP contribution in [0.4, 0.5) is 0 Å². The summed E-state index contributed by atoms with van der Waals surface area (Å²) in [5.74, 6) is 0.158. The molecule has 4 heteroatoms. The van der Waals surface area contributed by atoms with E-state index in [1.807, 2.05) is 0 Å². The van der Waals surface area contributed by atoms with E-state index >= 15 is 0 Å². The van der Waals surface area contributed by atoms with Gasteiger partial charge in [0.15, 0.2) is 11.5 Å². The van der Waals surface area contributed by atoms with E-state index in [-0.39, 0.29) is 23.1 Å². The Balaban J connectivity index is 3.02. The van der Waals surface area contributed by atoms with Crippen molar-refractivity contribution in [3.8, 4) is 11.5 Å². The Labute approximate surface area is 86.4 Å². The lowest BCUT2D eigenvalue weighted by atomic mass is 10.3. The fourth-order valence-corrected chi connectivity index (χ4v) is 1.16. The van der Waals surface area contributed by atoms with Crippen LogP contribution in [0, 0.1) is 0 Å². The van der Waals surface area contributed by atoms with Crippen molar-refractivity contribution in [2.45, 2.75) is 0 Å². The molecule has 0 atom stereocenters. The molecule has 0 aromatic heterocycles. The summed E-state index contributed by atoms with van der Waals surface area (Å²) >= 11 is 11.5. The van der Waals surface area contributed by atoms with E-state index in [4.69, 9.17) is 27.9 Å². The zero-order valence-electron chi connectivity index (χ0n) is 6.76. The minimum absolute atomic E-state index is 0.0312. The quantitative estimate of drug-likeness (QED) is 0.790. The first-order chi connectivity index (χ1) is 6.16. The molecule has 1 rings (SSSR count). The normalized spacial score (nSPS) is 9.69. The largest absolute Gasteiger partial charge is 0.504 e. The molecule has 70 valence electrons. The van der Waals surface area contributed by atoms with Crippen LogP contribution in [-0.2, 0) is 0 Å². The van der Waals surface area contributed by atoms with Crippen LogP contribution >= 0.6 is 23.2 Å². The monoisotopic (exact) mass is 218 g/mol. The first-order valence-corrected chi connectivity index (χ1v) is 4.33. The molecule has 0 fully saturated rings. The predicted molar refractivity (Wildman–Crippen MR) is 53.8 cm³/mol. The average molecular weight is 219 g/mol. The van der Waals surface area contributed by atoms with Gasteiger partial charge in [0.25, 0.3) is 0 Å². The summed E-state index contributed by atoms with van der Waals surface area (Å²) in [6, 6.07) is 2.92. The Morgan fingerprint density at radius 3 is 2.77 bits per heavy atom. The Bertz CT molecular complexity index is 324. The van der Waals surface area contributed by atoms with Crippen molar-refractivity contribution in [2.24, 2.45) is 0 Å². The first kappa shape index (κ1) is 10.2. The highest BCUT2D eigenvalue weighted by atomic mass is 35.5. The zero-order valence-corrected chi connectivity index (χ0v) is 8.27. The summed E-state index contributed by atoms with van der Waals surface area (Å²) < 4.78 is 5.11. The van der Waals surface area contributed by atoms with Crippen molar-refractivity contribution in [1.29, 1.82) is 0 Å². The number of phenolic OH excluding ortho intramolecular Hbond substituents is 1. The van der Waals surface area contributed by atoms with Gasteiger partial charge in [-0.2, -0.15) is 0 Å². The second kappa shape index (κ2) is 4.40. The van der Waals surface area contributed by atoms with Gasteiger partial charge in [0, 0.05) is 0 Å². The smallest absolute Gasteiger partial charge is 0.181 e. The molecule has 0 heterocycles. The van der Waals surface area contributed by atoms with E-state index in [1.165, 1.54) is 12.1 Å². The first-order valence-electron chi connectivity index (χ1n) is 3.57. The molecule has 0 unspecified atom stereocenters. The topological polar surface area (TPSA) is 29.5 Å². The highest BCUT2D eigenvalue weighted by molar-refractivity contribution is 6.43. The molecule has 0 saturated heterocycles. The van der Waals surface area contributed by atoms with Crippen LogP contribution < -0.4 is 4.74 Å². The highest BCUT2D eigenvalue weighted by Gasteiger charge is 2.10. The third-order valence-corrected chi connectivity index (χ3v) is 2.16. The SMILES string of the molecule is C=CCOc1c(O)ccc(Cl)c1Cl. The Kier molecular flexibility index (Phi) is 3.46. The van der Waals surface area contributed by atoms with Crippen molar-refractivity contribution in [3.63, 3.8) is 0 Å². The summed E-state index contributed by atoms with van der Waals surface area (Å²) in [6.07, 6.45) is 1.55. The number of aromatic hydroxyl groups is 1.